The first-order valence-electron chi connectivity index (χ1n) is 9.33. The van der Waals surface area contributed by atoms with Gasteiger partial charge in [0.25, 0.3) is 5.91 Å². The molecule has 1 aliphatic carbocycles. The van der Waals surface area contributed by atoms with E-state index in [0.29, 0.717) is 19.4 Å². The summed E-state index contributed by atoms with van der Waals surface area (Å²) in [5.74, 6) is -2.38. The molecule has 3 amide bonds. The van der Waals surface area contributed by atoms with Crippen LogP contribution in [0.1, 0.15) is 38.2 Å². The number of nitrogens with zero attached hydrogens (tertiary/aromatic N) is 1. The van der Waals surface area contributed by atoms with Crippen molar-refractivity contribution in [1.82, 2.24) is 10.2 Å². The summed E-state index contributed by atoms with van der Waals surface area (Å²) in [5.41, 5.74) is 0.932. The van der Waals surface area contributed by atoms with Crippen LogP contribution in [0.15, 0.2) is 30.3 Å². The lowest BCUT2D eigenvalue weighted by molar-refractivity contribution is -0.159. The summed E-state index contributed by atoms with van der Waals surface area (Å²) < 4.78 is 5.02. The third-order valence-electron chi connectivity index (χ3n) is 5.28. The highest BCUT2D eigenvalue weighted by Gasteiger charge is 2.51. The van der Waals surface area contributed by atoms with E-state index in [1.165, 1.54) is 6.92 Å². The molecule has 0 aromatic heterocycles. The van der Waals surface area contributed by atoms with Gasteiger partial charge in [-0.05, 0) is 25.3 Å². The molecule has 0 radical (unpaired) electrons. The van der Waals surface area contributed by atoms with Crippen LogP contribution in [0.4, 0.5) is 0 Å². The van der Waals surface area contributed by atoms with Crippen molar-refractivity contribution in [3.63, 3.8) is 0 Å². The normalized spacial score (nSPS) is 22.9. The van der Waals surface area contributed by atoms with Crippen LogP contribution in [-0.4, -0.2) is 41.2 Å². The van der Waals surface area contributed by atoms with Crippen LogP contribution in [0, 0.1) is 11.8 Å². The van der Waals surface area contributed by atoms with E-state index < -0.39 is 24.5 Å². The minimum Gasteiger partial charge on any atom is -0.454 e. The molecule has 2 fully saturated rings. The number of carbonyl (C=O) groups excluding carboxylic acids is 4. The second-order valence-corrected chi connectivity index (χ2v) is 7.09. The van der Waals surface area contributed by atoms with E-state index in [2.05, 4.69) is 5.32 Å². The van der Waals surface area contributed by atoms with E-state index in [-0.39, 0.29) is 23.7 Å². The molecular weight excluding hydrogens is 348 g/mol. The first-order chi connectivity index (χ1) is 13.0. The Morgan fingerprint density at radius 2 is 1.70 bits per heavy atom. The highest BCUT2D eigenvalue weighted by Crippen LogP contribution is 2.38. The monoisotopic (exact) mass is 372 g/mol. The van der Waals surface area contributed by atoms with Crippen molar-refractivity contribution in [2.75, 3.05) is 6.61 Å². The minimum atomic E-state index is -1.02. The molecule has 1 saturated heterocycles. The Kier molecular flexibility index (Phi) is 5.88. The van der Waals surface area contributed by atoms with Gasteiger partial charge in [0, 0.05) is 6.54 Å². The minimum absolute atomic E-state index is 0.289. The molecule has 3 rings (SSSR count). The summed E-state index contributed by atoms with van der Waals surface area (Å²) in [6.07, 6.45) is 3.23. The second kappa shape index (κ2) is 8.33. The number of nitrogens with one attached hydrogen (secondary N) is 1. The molecule has 0 unspecified atom stereocenters. The molecule has 144 valence electrons. The van der Waals surface area contributed by atoms with Gasteiger partial charge in [0.2, 0.25) is 11.8 Å². The number of imide groups is 1. The molecule has 1 saturated carbocycles. The van der Waals surface area contributed by atoms with E-state index in [1.807, 2.05) is 30.3 Å². The maximum Gasteiger partial charge on any atom is 0.329 e. The Balaban J connectivity index is 1.49. The number of fused-ring (bicyclic) bond motifs is 1. The van der Waals surface area contributed by atoms with Crippen molar-refractivity contribution < 1.29 is 23.9 Å². The Bertz CT molecular complexity index is 709. The van der Waals surface area contributed by atoms with Crippen LogP contribution < -0.4 is 5.32 Å². The average molecular weight is 372 g/mol. The van der Waals surface area contributed by atoms with E-state index in [4.69, 9.17) is 4.74 Å². The van der Waals surface area contributed by atoms with Crippen molar-refractivity contribution in [2.24, 2.45) is 11.8 Å². The fourth-order valence-corrected chi connectivity index (χ4v) is 3.78. The third kappa shape index (κ3) is 4.18. The molecule has 7 heteroatoms. The van der Waals surface area contributed by atoms with Gasteiger partial charge in [-0.2, -0.15) is 0 Å². The molecular formula is C20H24N2O5. The van der Waals surface area contributed by atoms with Gasteiger partial charge in [0.05, 0.1) is 11.8 Å². The molecule has 1 aromatic rings. The molecule has 2 aliphatic rings. The third-order valence-corrected chi connectivity index (χ3v) is 5.28. The summed E-state index contributed by atoms with van der Waals surface area (Å²) in [7, 11) is 0. The van der Waals surface area contributed by atoms with Gasteiger partial charge >= 0.3 is 5.97 Å². The number of likely N-dealkylation sites (tertiary alicyclic amines) is 1. The average Bonchev–Trinajstić information content (AvgIpc) is 2.95. The van der Waals surface area contributed by atoms with E-state index >= 15 is 0 Å². The topological polar surface area (TPSA) is 92.8 Å². The zero-order valence-electron chi connectivity index (χ0n) is 15.3. The van der Waals surface area contributed by atoms with Gasteiger partial charge in [-0.3, -0.25) is 19.3 Å². The maximum absolute atomic E-state index is 12.5. The lowest BCUT2D eigenvalue weighted by atomic mass is 9.81. The SMILES string of the molecule is C[C@@H](C(=O)OCC(=O)NCc1ccccc1)N1C(=O)[C@H]2CCCC[C@H]2C1=O. The number of hydrogen-bond donors (Lipinski definition) is 1. The molecule has 7 nitrogen and oxygen atoms in total. The molecule has 27 heavy (non-hydrogen) atoms. The van der Waals surface area contributed by atoms with Gasteiger partial charge in [-0.25, -0.2) is 4.79 Å². The van der Waals surface area contributed by atoms with Crippen LogP contribution >= 0.6 is 0 Å². The summed E-state index contributed by atoms with van der Waals surface area (Å²) >= 11 is 0. The fourth-order valence-electron chi connectivity index (χ4n) is 3.78. The first-order valence-corrected chi connectivity index (χ1v) is 9.33. The summed E-state index contributed by atoms with van der Waals surface area (Å²) in [4.78, 5) is 50.2. The number of amides is 3. The van der Waals surface area contributed by atoms with Gasteiger partial charge < -0.3 is 10.1 Å². The number of benzene rings is 1. The lowest BCUT2D eigenvalue weighted by Crippen LogP contribution is -2.45. The Hall–Kier alpha value is -2.70. The zero-order chi connectivity index (χ0) is 19.4. The van der Waals surface area contributed by atoms with Crippen LogP contribution in [-0.2, 0) is 30.5 Å². The van der Waals surface area contributed by atoms with Gasteiger partial charge in [-0.1, -0.05) is 43.2 Å². The van der Waals surface area contributed by atoms with Crippen molar-refractivity contribution in [1.29, 1.82) is 0 Å². The van der Waals surface area contributed by atoms with Crippen molar-refractivity contribution in [3.05, 3.63) is 35.9 Å². The van der Waals surface area contributed by atoms with Gasteiger partial charge in [0.15, 0.2) is 6.61 Å². The van der Waals surface area contributed by atoms with E-state index in [1.54, 1.807) is 0 Å². The first kappa shape index (κ1) is 19.1. The van der Waals surface area contributed by atoms with E-state index in [9.17, 15) is 19.2 Å². The quantitative estimate of drug-likeness (QED) is 0.602. The largest absolute Gasteiger partial charge is 0.454 e. The predicted molar refractivity (Wildman–Crippen MR) is 96.0 cm³/mol. The molecule has 1 aromatic carbocycles. The Morgan fingerprint density at radius 1 is 1.11 bits per heavy atom. The smallest absolute Gasteiger partial charge is 0.329 e. The highest BCUT2D eigenvalue weighted by atomic mass is 16.5. The molecule has 1 aliphatic heterocycles. The lowest BCUT2D eigenvalue weighted by Gasteiger charge is -2.21. The Morgan fingerprint density at radius 3 is 2.30 bits per heavy atom. The van der Waals surface area contributed by atoms with Crippen LogP contribution in [0.2, 0.25) is 0 Å². The highest BCUT2D eigenvalue weighted by molar-refractivity contribution is 6.07. The number of rotatable bonds is 6. The predicted octanol–water partition coefficient (Wildman–Crippen LogP) is 1.41. The number of ether oxygens (including phenoxy) is 1. The van der Waals surface area contributed by atoms with Crippen LogP contribution in [0.25, 0.3) is 0 Å². The van der Waals surface area contributed by atoms with Crippen molar-refractivity contribution in [2.45, 2.75) is 45.2 Å². The van der Waals surface area contributed by atoms with Crippen LogP contribution in [0.5, 0.6) is 0 Å². The molecule has 0 spiro atoms. The van der Waals surface area contributed by atoms with Gasteiger partial charge in [0.1, 0.15) is 6.04 Å². The summed E-state index contributed by atoms with van der Waals surface area (Å²) in [6.45, 7) is 1.36. The molecule has 3 atom stereocenters. The molecule has 1 N–H and O–H groups in total. The number of hydrogen-bond acceptors (Lipinski definition) is 5. The van der Waals surface area contributed by atoms with Crippen molar-refractivity contribution in [3.8, 4) is 0 Å². The maximum atomic E-state index is 12.5. The molecule has 0 bridgehead atoms. The van der Waals surface area contributed by atoms with E-state index in [0.717, 1.165) is 23.3 Å². The standard InChI is InChI=1S/C20H24N2O5/c1-13(22-18(24)15-9-5-6-10-16(15)19(22)25)20(26)27-12-17(23)21-11-14-7-3-2-4-8-14/h2-4,7-8,13,15-16H,5-6,9-12H2,1H3,(H,21,23)/t13-,15-,16+/m0/s1. The summed E-state index contributed by atoms with van der Waals surface area (Å²) in [5, 5.41) is 2.66. The number of carbonyl (C=O) groups is 4. The summed E-state index contributed by atoms with van der Waals surface area (Å²) in [6, 6.07) is 8.34. The molecule has 1 heterocycles. The Labute approximate surface area is 158 Å². The van der Waals surface area contributed by atoms with Crippen molar-refractivity contribution >= 4 is 23.7 Å². The second-order valence-electron chi connectivity index (χ2n) is 7.09. The zero-order valence-corrected chi connectivity index (χ0v) is 15.3. The van der Waals surface area contributed by atoms with Gasteiger partial charge in [-0.15, -0.1) is 0 Å². The number of esters is 1. The fraction of sp³-hybridized carbons (Fsp3) is 0.500. The van der Waals surface area contributed by atoms with Crippen LogP contribution in [0.3, 0.4) is 0 Å².